The van der Waals surface area contributed by atoms with Crippen LogP contribution in [-0.2, 0) is 9.59 Å². The third-order valence-electron chi connectivity index (χ3n) is 10.3. The molecule has 4 heteroatoms. The first-order chi connectivity index (χ1) is 21.8. The minimum atomic E-state index is 0.651. The Balaban J connectivity index is 2.65. The van der Waals surface area contributed by atoms with Crippen LogP contribution in [0.15, 0.2) is 22.1 Å². The second kappa shape index (κ2) is 31.5. The quantitative estimate of drug-likeness (QED) is 0.0328. The molecule has 1 aliphatic carbocycles. The maximum atomic E-state index is 10.2. The maximum Gasteiger partial charge on any atom is 0.234 e. The summed E-state index contributed by atoms with van der Waals surface area (Å²) in [6.07, 6.45) is 46.2. The molecule has 0 heterocycles. The number of rotatable bonds is 32. The number of hydrogen-bond acceptors (Lipinski definition) is 4. The van der Waals surface area contributed by atoms with Crippen LogP contribution in [-0.4, -0.2) is 25.2 Å². The predicted octanol–water partition coefficient (Wildman–Crippen LogP) is 12.7. The van der Waals surface area contributed by atoms with Gasteiger partial charge >= 0.3 is 0 Å². The lowest BCUT2D eigenvalue weighted by Crippen LogP contribution is -2.32. The van der Waals surface area contributed by atoms with E-state index in [0.29, 0.717) is 13.1 Å². The van der Waals surface area contributed by atoms with Crippen molar-refractivity contribution in [3.8, 4) is 0 Å². The highest BCUT2D eigenvalue weighted by Gasteiger charge is 2.34. The van der Waals surface area contributed by atoms with Crippen molar-refractivity contribution in [3.63, 3.8) is 0 Å². The highest BCUT2D eigenvalue weighted by molar-refractivity contribution is 5.32. The molecule has 0 bridgehead atoms. The molecule has 0 saturated carbocycles. The number of unbranched alkanes of at least 4 members (excludes halogenated alkanes) is 20. The lowest BCUT2D eigenvalue weighted by molar-refractivity contribution is 0.145. The summed E-state index contributed by atoms with van der Waals surface area (Å²) < 4.78 is 0. The molecule has 0 aromatic heterocycles. The molecule has 0 aromatic carbocycles. The fourth-order valence-corrected chi connectivity index (χ4v) is 7.65. The highest BCUT2D eigenvalue weighted by Crippen LogP contribution is 2.44. The van der Waals surface area contributed by atoms with Crippen molar-refractivity contribution >= 4 is 12.2 Å². The van der Waals surface area contributed by atoms with E-state index in [1.807, 2.05) is 0 Å². The van der Waals surface area contributed by atoms with Gasteiger partial charge in [-0.1, -0.05) is 167 Å². The van der Waals surface area contributed by atoms with Crippen LogP contribution >= 0.6 is 0 Å². The number of isocyanates is 2. The van der Waals surface area contributed by atoms with Crippen LogP contribution in [0.3, 0.4) is 0 Å². The van der Waals surface area contributed by atoms with Gasteiger partial charge in [-0.15, -0.1) is 0 Å². The number of allylic oxidation sites excluding steroid dienone is 2. The van der Waals surface area contributed by atoms with Gasteiger partial charge in [-0.25, -0.2) is 19.6 Å². The molecule has 254 valence electrons. The molecular formula is C40H72N2O2. The van der Waals surface area contributed by atoms with E-state index < -0.39 is 0 Å². The number of hydrogen-bond donors (Lipinski definition) is 0. The summed E-state index contributed by atoms with van der Waals surface area (Å²) in [4.78, 5) is 27.8. The van der Waals surface area contributed by atoms with Crippen LogP contribution in [0, 0.1) is 23.7 Å². The normalized spacial score (nSPS) is 19.5. The summed E-state index contributed by atoms with van der Waals surface area (Å²) in [7, 11) is 0. The average Bonchev–Trinajstić information content (AvgIpc) is 3.03. The molecule has 44 heavy (non-hydrogen) atoms. The molecule has 0 radical (unpaired) electrons. The Hall–Kier alpha value is -1.50. The molecule has 4 nitrogen and oxygen atoms in total. The SMILES string of the molecule is CCCCCCCC1C(CCCCCCCCCN=C=O)C=CC(CCCCCCCCCN=C=O)C1CCCCCCC. The van der Waals surface area contributed by atoms with E-state index in [4.69, 9.17) is 0 Å². The monoisotopic (exact) mass is 613 g/mol. The Kier molecular flexibility index (Phi) is 29.0. The largest absolute Gasteiger partial charge is 0.234 e. The second-order valence-electron chi connectivity index (χ2n) is 13.9. The smallest absolute Gasteiger partial charge is 0.211 e. The minimum absolute atomic E-state index is 0.651. The molecule has 4 atom stereocenters. The molecule has 0 saturated heterocycles. The van der Waals surface area contributed by atoms with Gasteiger partial charge in [0, 0.05) is 0 Å². The molecule has 1 aliphatic rings. The minimum Gasteiger partial charge on any atom is -0.211 e. The van der Waals surface area contributed by atoms with Gasteiger partial charge in [-0.2, -0.15) is 0 Å². The van der Waals surface area contributed by atoms with Gasteiger partial charge in [-0.3, -0.25) is 0 Å². The van der Waals surface area contributed by atoms with Crippen LogP contribution in [0.4, 0.5) is 0 Å². The summed E-state index contributed by atoms with van der Waals surface area (Å²) in [5, 5.41) is 0. The number of aliphatic imine (C=N–C) groups is 2. The highest BCUT2D eigenvalue weighted by atomic mass is 16.1. The second-order valence-corrected chi connectivity index (χ2v) is 13.9. The van der Waals surface area contributed by atoms with Gasteiger partial charge in [0.05, 0.1) is 13.1 Å². The summed E-state index contributed by atoms with van der Waals surface area (Å²) >= 11 is 0. The van der Waals surface area contributed by atoms with E-state index >= 15 is 0 Å². The van der Waals surface area contributed by atoms with Crippen molar-refractivity contribution in [1.82, 2.24) is 0 Å². The molecule has 0 amide bonds. The van der Waals surface area contributed by atoms with E-state index in [1.165, 1.54) is 167 Å². The lowest BCUT2D eigenvalue weighted by atomic mass is 9.64. The Morgan fingerprint density at radius 1 is 0.409 bits per heavy atom. The maximum absolute atomic E-state index is 10.2. The van der Waals surface area contributed by atoms with Gasteiger partial charge in [-0.05, 0) is 62.2 Å². The summed E-state index contributed by atoms with van der Waals surface area (Å²) in [6.45, 7) is 5.96. The number of nitrogens with zero attached hydrogens (tertiary/aromatic N) is 2. The standard InChI is InChI=1S/C40H72N2O2/c1-3-5-7-15-23-29-39-37(27-21-17-11-9-13-19-25-33-41-35-43)31-32-38(40(39)30-24-16-8-6-4-2)28-22-18-12-10-14-20-26-34-42-36-44/h31-32,37-40H,3-30,33-34H2,1-2H3. The molecule has 4 unspecified atom stereocenters. The third kappa shape index (κ3) is 22.1. The first-order valence-corrected chi connectivity index (χ1v) is 19.5. The predicted molar refractivity (Wildman–Crippen MR) is 190 cm³/mol. The topological polar surface area (TPSA) is 58.9 Å². The van der Waals surface area contributed by atoms with E-state index in [9.17, 15) is 9.59 Å². The van der Waals surface area contributed by atoms with Crippen molar-refractivity contribution < 1.29 is 9.59 Å². The van der Waals surface area contributed by atoms with Crippen LogP contribution in [0.25, 0.3) is 0 Å². The van der Waals surface area contributed by atoms with Crippen molar-refractivity contribution in [2.45, 2.75) is 194 Å². The zero-order valence-electron chi connectivity index (χ0n) is 29.4. The average molecular weight is 613 g/mol. The summed E-state index contributed by atoms with van der Waals surface area (Å²) in [5.41, 5.74) is 0. The summed E-state index contributed by atoms with van der Waals surface area (Å²) in [5.74, 6) is 3.38. The van der Waals surface area contributed by atoms with Gasteiger partial charge < -0.3 is 0 Å². The van der Waals surface area contributed by atoms with Crippen molar-refractivity contribution in [3.05, 3.63) is 12.2 Å². The number of carbonyl (C=O) groups excluding carboxylic acids is 2. The fourth-order valence-electron chi connectivity index (χ4n) is 7.65. The van der Waals surface area contributed by atoms with E-state index in [2.05, 4.69) is 36.0 Å². The van der Waals surface area contributed by atoms with Crippen LogP contribution in [0.2, 0.25) is 0 Å². The molecular weight excluding hydrogens is 540 g/mol. The molecule has 0 N–H and O–H groups in total. The Morgan fingerprint density at radius 3 is 1.05 bits per heavy atom. The van der Waals surface area contributed by atoms with Crippen LogP contribution in [0.5, 0.6) is 0 Å². The zero-order chi connectivity index (χ0) is 31.8. The van der Waals surface area contributed by atoms with E-state index in [-0.39, 0.29) is 0 Å². The molecule has 0 aliphatic heterocycles. The Bertz CT molecular complexity index is 690. The molecule has 0 fully saturated rings. The van der Waals surface area contributed by atoms with Gasteiger partial charge in [0.1, 0.15) is 0 Å². The molecule has 1 rings (SSSR count). The van der Waals surface area contributed by atoms with Crippen LogP contribution < -0.4 is 0 Å². The molecule has 0 spiro atoms. The third-order valence-corrected chi connectivity index (χ3v) is 10.3. The Labute approximate surface area is 273 Å². The van der Waals surface area contributed by atoms with Crippen LogP contribution in [0.1, 0.15) is 194 Å². The van der Waals surface area contributed by atoms with Gasteiger partial charge in [0.25, 0.3) is 0 Å². The lowest BCUT2D eigenvalue weighted by Gasteiger charge is -2.41. The van der Waals surface area contributed by atoms with Gasteiger partial charge in [0.2, 0.25) is 12.2 Å². The Morgan fingerprint density at radius 2 is 0.705 bits per heavy atom. The fraction of sp³-hybridized carbons (Fsp3) is 0.900. The van der Waals surface area contributed by atoms with Gasteiger partial charge in [0.15, 0.2) is 0 Å². The first-order valence-electron chi connectivity index (χ1n) is 19.5. The van der Waals surface area contributed by atoms with E-state index in [0.717, 1.165) is 36.5 Å². The molecule has 0 aromatic rings. The zero-order valence-corrected chi connectivity index (χ0v) is 29.4. The van der Waals surface area contributed by atoms with E-state index in [1.54, 1.807) is 12.2 Å². The van der Waals surface area contributed by atoms with Crippen molar-refractivity contribution in [2.75, 3.05) is 13.1 Å². The van der Waals surface area contributed by atoms with Crippen molar-refractivity contribution in [1.29, 1.82) is 0 Å². The first kappa shape index (κ1) is 40.5. The summed E-state index contributed by atoms with van der Waals surface area (Å²) in [6, 6.07) is 0. The van der Waals surface area contributed by atoms with Crippen molar-refractivity contribution in [2.24, 2.45) is 33.7 Å².